The largest absolute Gasteiger partial charge is 0.417 e. The Kier molecular flexibility index (Phi) is 5.39. The normalized spacial score (nSPS) is 20.6. The maximum absolute atomic E-state index is 13.9. The molecular formula is C24H29F3N8O. The van der Waals surface area contributed by atoms with Gasteiger partial charge in [-0.1, -0.05) is 0 Å². The fourth-order valence-electron chi connectivity index (χ4n) is 5.93. The number of likely N-dealkylation sites (tertiary alicyclic amines) is 2. The first-order valence-corrected chi connectivity index (χ1v) is 12.1. The number of ether oxygens (including phenoxy) is 1. The molecule has 1 spiro atoms. The van der Waals surface area contributed by atoms with Crippen molar-refractivity contribution in [3.63, 3.8) is 0 Å². The zero-order valence-electron chi connectivity index (χ0n) is 20.3. The number of hydrogen-bond donors (Lipinski definition) is 1. The van der Waals surface area contributed by atoms with E-state index >= 15 is 0 Å². The molecular weight excluding hydrogens is 473 g/mol. The summed E-state index contributed by atoms with van der Waals surface area (Å²) in [5.41, 5.74) is 7.69. The Morgan fingerprint density at radius 1 is 1.11 bits per heavy atom. The van der Waals surface area contributed by atoms with Crippen LogP contribution in [-0.4, -0.2) is 88.9 Å². The molecule has 3 fully saturated rings. The molecule has 6 rings (SSSR count). The number of aromatic nitrogens is 4. The Balaban J connectivity index is 1.42. The minimum atomic E-state index is -4.62. The van der Waals surface area contributed by atoms with Crippen LogP contribution in [0.15, 0.2) is 18.3 Å². The van der Waals surface area contributed by atoms with Gasteiger partial charge in [0.2, 0.25) is 0 Å². The summed E-state index contributed by atoms with van der Waals surface area (Å²) in [5.74, 6) is 0.364. The van der Waals surface area contributed by atoms with Gasteiger partial charge in [-0.2, -0.15) is 13.2 Å². The Hall–Kier alpha value is -2.96. The Bertz CT molecular complexity index is 1300. The smallest absolute Gasteiger partial charge is 0.384 e. The molecule has 3 aliphatic heterocycles. The number of nitrogen functional groups attached to an aromatic ring is 1. The highest BCUT2D eigenvalue weighted by Crippen LogP contribution is 2.40. The third-order valence-electron chi connectivity index (χ3n) is 7.46. The molecule has 0 aromatic carbocycles. The minimum absolute atomic E-state index is 0.0329. The molecule has 192 valence electrons. The van der Waals surface area contributed by atoms with Gasteiger partial charge >= 0.3 is 6.18 Å². The monoisotopic (exact) mass is 502 g/mol. The third-order valence-corrected chi connectivity index (χ3v) is 7.46. The van der Waals surface area contributed by atoms with Crippen LogP contribution in [0.5, 0.6) is 0 Å². The van der Waals surface area contributed by atoms with Gasteiger partial charge in [-0.05, 0) is 31.7 Å². The van der Waals surface area contributed by atoms with Crippen molar-refractivity contribution in [1.82, 2.24) is 29.4 Å². The van der Waals surface area contributed by atoms with Crippen molar-refractivity contribution in [2.75, 3.05) is 70.2 Å². The fourth-order valence-corrected chi connectivity index (χ4v) is 5.93. The molecule has 2 N–H and O–H groups in total. The van der Waals surface area contributed by atoms with Crippen LogP contribution in [0.3, 0.4) is 0 Å². The molecule has 0 amide bonds. The van der Waals surface area contributed by atoms with E-state index in [0.29, 0.717) is 37.5 Å². The van der Waals surface area contributed by atoms with Gasteiger partial charge in [-0.3, -0.25) is 4.90 Å². The highest BCUT2D eigenvalue weighted by Gasteiger charge is 2.50. The Labute approximate surface area is 206 Å². The van der Waals surface area contributed by atoms with E-state index in [1.807, 2.05) is 11.8 Å². The van der Waals surface area contributed by atoms with Crippen molar-refractivity contribution in [1.29, 1.82) is 0 Å². The molecule has 3 saturated heterocycles. The van der Waals surface area contributed by atoms with E-state index in [2.05, 4.69) is 38.0 Å². The fraction of sp³-hybridized carbons (Fsp3) is 0.542. The first-order valence-electron chi connectivity index (χ1n) is 12.1. The molecule has 0 bridgehead atoms. The lowest BCUT2D eigenvalue weighted by molar-refractivity contribution is -0.137. The van der Waals surface area contributed by atoms with E-state index in [1.54, 1.807) is 4.52 Å². The number of halogens is 3. The minimum Gasteiger partial charge on any atom is -0.384 e. The Morgan fingerprint density at radius 2 is 1.83 bits per heavy atom. The quantitative estimate of drug-likeness (QED) is 0.582. The molecule has 3 aromatic rings. The summed E-state index contributed by atoms with van der Waals surface area (Å²) in [4.78, 5) is 15.4. The van der Waals surface area contributed by atoms with Crippen molar-refractivity contribution in [2.24, 2.45) is 5.41 Å². The van der Waals surface area contributed by atoms with Crippen LogP contribution < -0.4 is 10.6 Å². The Morgan fingerprint density at radius 3 is 2.50 bits per heavy atom. The lowest BCUT2D eigenvalue weighted by Gasteiger charge is -2.59. The van der Waals surface area contributed by atoms with Crippen LogP contribution >= 0.6 is 0 Å². The maximum atomic E-state index is 13.9. The summed E-state index contributed by atoms with van der Waals surface area (Å²) in [6.45, 7) is 9.36. The molecule has 3 aromatic heterocycles. The first kappa shape index (κ1) is 23.4. The molecule has 36 heavy (non-hydrogen) atoms. The van der Waals surface area contributed by atoms with Gasteiger partial charge in [-0.25, -0.2) is 14.5 Å². The van der Waals surface area contributed by atoms with Crippen LogP contribution in [0.25, 0.3) is 16.9 Å². The predicted molar refractivity (Wildman–Crippen MR) is 129 cm³/mol. The van der Waals surface area contributed by atoms with Crippen LogP contribution in [0.1, 0.15) is 16.8 Å². The predicted octanol–water partition coefficient (Wildman–Crippen LogP) is 2.28. The standard InChI is InChI=1S/C24H29F3N8O/c1-15-16(10-33-13-23(14-33)11-32(2)12-23)7-19-22(34-3-5-36-6-4-34)30-21(31-35(15)19)17-9-29-20(28)8-18(17)24(25,26)27/h7-9H,3-6,10-14H2,1-2H3,(H2,28,29). The van der Waals surface area contributed by atoms with E-state index in [9.17, 15) is 13.2 Å². The van der Waals surface area contributed by atoms with Crippen molar-refractivity contribution in [3.05, 3.63) is 35.2 Å². The number of morpholine rings is 1. The van der Waals surface area contributed by atoms with E-state index in [1.165, 1.54) is 0 Å². The number of aryl methyl sites for hydroxylation is 1. The van der Waals surface area contributed by atoms with Crippen molar-refractivity contribution in [3.8, 4) is 11.4 Å². The van der Waals surface area contributed by atoms with Gasteiger partial charge in [0.25, 0.3) is 0 Å². The van der Waals surface area contributed by atoms with E-state index in [4.69, 9.17) is 10.5 Å². The van der Waals surface area contributed by atoms with Crippen molar-refractivity contribution in [2.45, 2.75) is 19.6 Å². The summed E-state index contributed by atoms with van der Waals surface area (Å²) in [5, 5.41) is 4.58. The number of anilines is 2. The average Bonchev–Trinajstić information content (AvgIpc) is 3.11. The SMILES string of the molecule is Cc1c(CN2CC3(CN(C)C3)C2)cc2c(N3CCOCC3)nc(-c3cnc(N)cc3C(F)(F)F)nn12. The van der Waals surface area contributed by atoms with Gasteiger partial charge in [-0.15, -0.1) is 5.10 Å². The van der Waals surface area contributed by atoms with Gasteiger partial charge in [0.15, 0.2) is 11.6 Å². The van der Waals surface area contributed by atoms with Gasteiger partial charge in [0.1, 0.15) is 11.3 Å². The van der Waals surface area contributed by atoms with Crippen LogP contribution in [-0.2, 0) is 17.5 Å². The summed E-state index contributed by atoms with van der Waals surface area (Å²) in [6, 6.07) is 2.91. The first-order chi connectivity index (χ1) is 17.1. The molecule has 0 radical (unpaired) electrons. The van der Waals surface area contributed by atoms with E-state index < -0.39 is 11.7 Å². The number of nitrogens with zero attached hydrogens (tertiary/aromatic N) is 7. The van der Waals surface area contributed by atoms with Crippen molar-refractivity contribution < 1.29 is 17.9 Å². The number of alkyl halides is 3. The second-order valence-electron chi connectivity index (χ2n) is 10.4. The topological polar surface area (TPSA) is 88.0 Å². The van der Waals surface area contributed by atoms with Crippen LogP contribution in [0.4, 0.5) is 24.8 Å². The maximum Gasteiger partial charge on any atom is 0.417 e. The number of fused-ring (bicyclic) bond motifs is 1. The molecule has 0 saturated carbocycles. The average molecular weight is 503 g/mol. The molecule has 12 heteroatoms. The molecule has 0 aliphatic carbocycles. The number of rotatable bonds is 4. The highest BCUT2D eigenvalue weighted by atomic mass is 19.4. The van der Waals surface area contributed by atoms with Gasteiger partial charge < -0.3 is 20.3 Å². The number of hydrogen-bond acceptors (Lipinski definition) is 8. The third kappa shape index (κ3) is 3.97. The highest BCUT2D eigenvalue weighted by molar-refractivity contribution is 5.74. The summed E-state index contributed by atoms with van der Waals surface area (Å²) < 4.78 is 48.9. The van der Waals surface area contributed by atoms with Gasteiger partial charge in [0, 0.05) is 63.1 Å². The van der Waals surface area contributed by atoms with Crippen molar-refractivity contribution >= 4 is 17.2 Å². The molecule has 6 heterocycles. The van der Waals surface area contributed by atoms with E-state index in [0.717, 1.165) is 61.8 Å². The van der Waals surface area contributed by atoms with E-state index in [-0.39, 0.29) is 17.2 Å². The lowest BCUT2D eigenvalue weighted by atomic mass is 9.73. The summed E-state index contributed by atoms with van der Waals surface area (Å²) in [7, 11) is 2.14. The number of pyridine rings is 1. The summed E-state index contributed by atoms with van der Waals surface area (Å²) in [6.07, 6.45) is -3.51. The zero-order valence-corrected chi connectivity index (χ0v) is 20.3. The molecule has 9 nitrogen and oxygen atoms in total. The molecule has 0 atom stereocenters. The van der Waals surface area contributed by atoms with Crippen LogP contribution in [0, 0.1) is 12.3 Å². The second-order valence-corrected chi connectivity index (χ2v) is 10.4. The summed E-state index contributed by atoms with van der Waals surface area (Å²) >= 11 is 0. The zero-order chi connectivity index (χ0) is 25.2. The number of nitrogens with two attached hydrogens (primary N) is 1. The molecule has 3 aliphatic rings. The lowest BCUT2D eigenvalue weighted by Crippen LogP contribution is -2.70. The van der Waals surface area contributed by atoms with Gasteiger partial charge in [0.05, 0.1) is 24.3 Å². The molecule has 0 unspecified atom stereocenters. The second kappa shape index (κ2) is 8.29. The van der Waals surface area contributed by atoms with Crippen LogP contribution in [0.2, 0.25) is 0 Å².